The number of fused-ring (bicyclic) bond motifs is 1. The average molecular weight is 516 g/mol. The van der Waals surface area contributed by atoms with E-state index in [-0.39, 0.29) is 17.0 Å². The van der Waals surface area contributed by atoms with Crippen LogP contribution in [-0.2, 0) is 4.79 Å². The van der Waals surface area contributed by atoms with Crippen molar-refractivity contribution in [2.45, 2.75) is 5.16 Å². The second kappa shape index (κ2) is 11.8. The molecule has 3 aromatic carbocycles. The van der Waals surface area contributed by atoms with Crippen molar-refractivity contribution in [3.05, 3.63) is 105 Å². The number of rotatable bonds is 9. The number of hydrazone groups is 1. The van der Waals surface area contributed by atoms with Crippen molar-refractivity contribution in [1.29, 1.82) is 0 Å². The van der Waals surface area contributed by atoms with Gasteiger partial charge in [-0.05, 0) is 54.6 Å². The third-order valence-corrected chi connectivity index (χ3v) is 6.11. The third kappa shape index (κ3) is 6.08. The topological polar surface area (TPSA) is 129 Å². The molecule has 0 saturated carbocycles. The molecule has 37 heavy (non-hydrogen) atoms. The van der Waals surface area contributed by atoms with Crippen molar-refractivity contribution in [2.24, 2.45) is 5.10 Å². The third-order valence-electron chi connectivity index (χ3n) is 5.17. The number of hydrogen-bond donors (Lipinski definition) is 1. The molecule has 0 unspecified atom stereocenters. The highest BCUT2D eigenvalue weighted by atomic mass is 32.2. The number of nitrogens with zero attached hydrogens (tertiary/aromatic N) is 4. The van der Waals surface area contributed by atoms with Crippen molar-refractivity contribution < 1.29 is 14.5 Å². The molecule has 186 valence electrons. The van der Waals surface area contributed by atoms with E-state index < -0.39 is 10.8 Å². The fourth-order valence-electron chi connectivity index (χ4n) is 3.42. The van der Waals surface area contributed by atoms with Crippen LogP contribution >= 0.6 is 11.8 Å². The predicted molar refractivity (Wildman–Crippen MR) is 143 cm³/mol. The molecule has 11 heteroatoms. The molecule has 0 fully saturated rings. The normalized spacial score (nSPS) is 11.3. The Hall–Kier alpha value is -4.77. The number of ether oxygens (including phenoxy) is 1. The van der Waals surface area contributed by atoms with Crippen molar-refractivity contribution in [1.82, 2.24) is 15.0 Å². The Bertz CT molecular complexity index is 1560. The molecule has 0 radical (unpaired) electrons. The van der Waals surface area contributed by atoms with Gasteiger partial charge in [0, 0.05) is 12.3 Å². The van der Waals surface area contributed by atoms with E-state index in [9.17, 15) is 19.7 Å². The quantitative estimate of drug-likeness (QED) is 0.116. The molecule has 4 aromatic rings. The minimum Gasteiger partial charge on any atom is -0.497 e. The number of aromatic nitrogens is 2. The van der Waals surface area contributed by atoms with Gasteiger partial charge in [0.1, 0.15) is 5.75 Å². The Morgan fingerprint density at radius 2 is 1.86 bits per heavy atom. The number of carbonyl (C=O) groups is 1. The van der Waals surface area contributed by atoms with E-state index in [2.05, 4.69) is 15.5 Å². The number of thioether (sulfide) groups is 1. The van der Waals surface area contributed by atoms with Gasteiger partial charge in [0.2, 0.25) is 0 Å². The molecule has 1 N–H and O–H groups in total. The van der Waals surface area contributed by atoms with E-state index in [0.29, 0.717) is 33.1 Å². The predicted octanol–water partition coefficient (Wildman–Crippen LogP) is 4.21. The molecule has 0 aliphatic rings. The summed E-state index contributed by atoms with van der Waals surface area (Å²) >= 11 is 1.10. The second-order valence-electron chi connectivity index (χ2n) is 7.53. The Labute approximate surface area is 215 Å². The SMILES string of the molecule is COc1ccc(-n2c(SCC(=O)N/N=C\C=C\c3ccccc3[N+](=O)[O-])nc3ccccc3c2=O)cc1. The molecule has 10 nitrogen and oxygen atoms in total. The first-order valence-corrected chi connectivity index (χ1v) is 12.0. The number of benzene rings is 3. The van der Waals surface area contributed by atoms with Gasteiger partial charge >= 0.3 is 0 Å². The molecule has 0 aliphatic carbocycles. The molecule has 1 heterocycles. The van der Waals surface area contributed by atoms with Crippen LogP contribution in [0.25, 0.3) is 22.7 Å². The summed E-state index contributed by atoms with van der Waals surface area (Å²) in [5.74, 6) is 0.184. The van der Waals surface area contributed by atoms with Crippen LogP contribution in [0.3, 0.4) is 0 Å². The number of nitro benzene ring substituents is 1. The van der Waals surface area contributed by atoms with Crippen LogP contribution in [0.4, 0.5) is 5.69 Å². The lowest BCUT2D eigenvalue weighted by atomic mass is 10.2. The maximum absolute atomic E-state index is 13.3. The lowest BCUT2D eigenvalue weighted by Crippen LogP contribution is -2.24. The van der Waals surface area contributed by atoms with Gasteiger partial charge in [0.25, 0.3) is 17.2 Å². The van der Waals surface area contributed by atoms with Crippen molar-refractivity contribution >= 4 is 46.5 Å². The van der Waals surface area contributed by atoms with Gasteiger partial charge in [-0.15, -0.1) is 0 Å². The van der Waals surface area contributed by atoms with Gasteiger partial charge < -0.3 is 4.74 Å². The summed E-state index contributed by atoms with van der Waals surface area (Å²) in [6.07, 6.45) is 4.33. The van der Waals surface area contributed by atoms with E-state index in [1.54, 1.807) is 73.8 Å². The number of para-hydroxylation sites is 2. The highest BCUT2D eigenvalue weighted by Crippen LogP contribution is 2.23. The van der Waals surface area contributed by atoms with Gasteiger partial charge in [0.15, 0.2) is 5.16 Å². The summed E-state index contributed by atoms with van der Waals surface area (Å²) in [6.45, 7) is 0. The number of nitrogens with one attached hydrogen (secondary N) is 1. The number of allylic oxidation sites excluding steroid dienone is 1. The first kappa shape index (κ1) is 25.3. The summed E-state index contributed by atoms with van der Waals surface area (Å²) in [5, 5.41) is 15.7. The van der Waals surface area contributed by atoms with Crippen LogP contribution in [0.2, 0.25) is 0 Å². The second-order valence-corrected chi connectivity index (χ2v) is 8.47. The smallest absolute Gasteiger partial charge is 0.276 e. The zero-order valence-electron chi connectivity index (χ0n) is 19.6. The maximum atomic E-state index is 13.3. The minimum absolute atomic E-state index is 0.0293. The summed E-state index contributed by atoms with van der Waals surface area (Å²) in [4.78, 5) is 40.9. The van der Waals surface area contributed by atoms with Crippen molar-refractivity contribution in [3.63, 3.8) is 0 Å². The van der Waals surface area contributed by atoms with E-state index in [4.69, 9.17) is 4.74 Å². The lowest BCUT2D eigenvalue weighted by molar-refractivity contribution is -0.385. The number of hydrogen-bond acceptors (Lipinski definition) is 8. The molecule has 4 rings (SSSR count). The molecule has 0 saturated heterocycles. The fraction of sp³-hybridized carbons (Fsp3) is 0.0769. The lowest BCUT2D eigenvalue weighted by Gasteiger charge is -2.13. The Balaban J connectivity index is 1.48. The largest absolute Gasteiger partial charge is 0.497 e. The van der Waals surface area contributed by atoms with Gasteiger partial charge in [-0.2, -0.15) is 5.10 Å². The molecule has 0 atom stereocenters. The van der Waals surface area contributed by atoms with Crippen LogP contribution < -0.4 is 15.7 Å². The molecule has 1 amide bonds. The average Bonchev–Trinajstić information content (AvgIpc) is 2.92. The van der Waals surface area contributed by atoms with Crippen LogP contribution in [0.15, 0.2) is 93.9 Å². The summed E-state index contributed by atoms with van der Waals surface area (Å²) < 4.78 is 6.66. The highest BCUT2D eigenvalue weighted by Gasteiger charge is 2.15. The standard InChI is InChI=1S/C26H21N5O5S/c1-36-20-14-12-19(13-15-20)30-25(33)21-9-3-4-10-22(21)28-26(30)37-17-24(32)29-27-16-6-8-18-7-2-5-11-23(18)31(34)35/h2-16H,17H2,1H3,(H,29,32)/b8-6+,27-16-. The summed E-state index contributed by atoms with van der Waals surface area (Å²) in [7, 11) is 1.56. The van der Waals surface area contributed by atoms with Crippen LogP contribution in [0, 0.1) is 10.1 Å². The van der Waals surface area contributed by atoms with Crippen LogP contribution in [-0.4, -0.2) is 39.5 Å². The van der Waals surface area contributed by atoms with Gasteiger partial charge in [-0.3, -0.25) is 24.3 Å². The number of methoxy groups -OCH3 is 1. The zero-order valence-corrected chi connectivity index (χ0v) is 20.4. The van der Waals surface area contributed by atoms with Crippen molar-refractivity contribution in [3.8, 4) is 11.4 Å². The fourth-order valence-corrected chi connectivity index (χ4v) is 4.23. The van der Waals surface area contributed by atoms with Gasteiger partial charge in [-0.25, -0.2) is 10.4 Å². The summed E-state index contributed by atoms with van der Waals surface area (Å²) in [5.41, 5.74) is 3.64. The van der Waals surface area contributed by atoms with E-state index in [1.165, 1.54) is 29.0 Å². The van der Waals surface area contributed by atoms with Crippen molar-refractivity contribution in [2.75, 3.05) is 12.9 Å². The first-order chi connectivity index (χ1) is 18.0. The minimum atomic E-state index is -0.470. The van der Waals surface area contributed by atoms with Crippen LogP contribution in [0.1, 0.15) is 5.56 Å². The maximum Gasteiger partial charge on any atom is 0.276 e. The molecule has 0 spiro atoms. The number of carbonyl (C=O) groups excluding carboxylic acids is 1. The molecular weight excluding hydrogens is 494 g/mol. The Morgan fingerprint density at radius 1 is 1.14 bits per heavy atom. The first-order valence-electron chi connectivity index (χ1n) is 11.0. The van der Waals surface area contributed by atoms with Gasteiger partial charge in [0.05, 0.1) is 39.9 Å². The number of amides is 1. The molecular formula is C26H21N5O5S. The van der Waals surface area contributed by atoms with E-state index >= 15 is 0 Å². The molecule has 0 aliphatic heterocycles. The highest BCUT2D eigenvalue weighted by molar-refractivity contribution is 7.99. The molecule has 0 bridgehead atoms. The molecule has 1 aromatic heterocycles. The van der Waals surface area contributed by atoms with E-state index in [1.807, 2.05) is 0 Å². The van der Waals surface area contributed by atoms with E-state index in [0.717, 1.165) is 11.8 Å². The van der Waals surface area contributed by atoms with Gasteiger partial charge in [-0.1, -0.05) is 36.0 Å². The Morgan fingerprint density at radius 3 is 2.62 bits per heavy atom. The number of nitro groups is 1. The summed E-state index contributed by atoms with van der Waals surface area (Å²) in [6, 6.07) is 20.3. The zero-order chi connectivity index (χ0) is 26.2. The Kier molecular flexibility index (Phi) is 8.06. The monoisotopic (exact) mass is 515 g/mol. The van der Waals surface area contributed by atoms with Crippen LogP contribution in [0.5, 0.6) is 5.75 Å².